The summed E-state index contributed by atoms with van der Waals surface area (Å²) in [6.45, 7) is 10.2. The van der Waals surface area contributed by atoms with Gasteiger partial charge in [-0.15, -0.1) is 0 Å². The first-order chi connectivity index (χ1) is 13.2. The van der Waals surface area contributed by atoms with E-state index < -0.39 is 6.04 Å². The van der Waals surface area contributed by atoms with Crippen LogP contribution in [0.4, 0.5) is 0 Å². The molecule has 2 amide bonds. The van der Waals surface area contributed by atoms with Gasteiger partial charge in [0.25, 0.3) is 0 Å². The Bertz CT molecular complexity index is 794. The maximum absolute atomic E-state index is 13.3. The molecule has 0 unspecified atom stereocenters. The van der Waals surface area contributed by atoms with Gasteiger partial charge in [-0.05, 0) is 50.8 Å². The van der Waals surface area contributed by atoms with E-state index in [0.29, 0.717) is 19.4 Å². The van der Waals surface area contributed by atoms with Gasteiger partial charge in [0.1, 0.15) is 6.04 Å². The van der Waals surface area contributed by atoms with Gasteiger partial charge in [-0.1, -0.05) is 61.5 Å². The third-order valence-electron chi connectivity index (χ3n) is 4.68. The van der Waals surface area contributed by atoms with E-state index in [1.54, 1.807) is 4.90 Å². The van der Waals surface area contributed by atoms with E-state index in [-0.39, 0.29) is 17.4 Å². The van der Waals surface area contributed by atoms with Crippen molar-refractivity contribution in [2.24, 2.45) is 0 Å². The summed E-state index contributed by atoms with van der Waals surface area (Å²) in [7, 11) is 0. The van der Waals surface area contributed by atoms with Crippen LogP contribution in [0.2, 0.25) is 0 Å². The van der Waals surface area contributed by atoms with E-state index >= 15 is 0 Å². The van der Waals surface area contributed by atoms with Crippen molar-refractivity contribution in [3.8, 4) is 0 Å². The lowest BCUT2D eigenvalue weighted by molar-refractivity contribution is -0.141. The zero-order valence-electron chi connectivity index (χ0n) is 17.7. The number of nitrogens with zero attached hydrogens (tertiary/aromatic N) is 1. The molecule has 2 rings (SSSR count). The summed E-state index contributed by atoms with van der Waals surface area (Å²) >= 11 is 0. The van der Waals surface area contributed by atoms with Crippen molar-refractivity contribution in [2.75, 3.05) is 0 Å². The molecule has 1 N–H and O–H groups in total. The topological polar surface area (TPSA) is 49.4 Å². The Labute approximate surface area is 169 Å². The van der Waals surface area contributed by atoms with Crippen LogP contribution in [-0.2, 0) is 22.6 Å². The lowest BCUT2D eigenvalue weighted by atomic mass is 10.0. The van der Waals surface area contributed by atoms with Crippen LogP contribution < -0.4 is 5.32 Å². The van der Waals surface area contributed by atoms with Crippen molar-refractivity contribution in [1.29, 1.82) is 0 Å². The number of nitrogens with one attached hydrogen (secondary N) is 1. The van der Waals surface area contributed by atoms with Crippen LogP contribution in [0.25, 0.3) is 0 Å². The zero-order chi connectivity index (χ0) is 20.7. The van der Waals surface area contributed by atoms with Crippen molar-refractivity contribution in [3.63, 3.8) is 0 Å². The standard InChI is InChI=1S/C24H32N2O2/c1-6-21(23(28)25-24(3,4)5)26(17-19-13-8-7-9-14-19)22(27)16-20-15-11-10-12-18(20)2/h7-15,21H,6,16-17H2,1-5H3,(H,25,28)/t21-/m0/s1. The summed E-state index contributed by atoms with van der Waals surface area (Å²) < 4.78 is 0. The Morgan fingerprint density at radius 2 is 1.61 bits per heavy atom. The maximum Gasteiger partial charge on any atom is 0.243 e. The SMILES string of the molecule is CC[C@@H](C(=O)NC(C)(C)C)N(Cc1ccccc1)C(=O)Cc1ccccc1C. The van der Waals surface area contributed by atoms with Gasteiger partial charge in [0.15, 0.2) is 0 Å². The van der Waals surface area contributed by atoms with E-state index in [4.69, 9.17) is 0 Å². The molecule has 0 spiro atoms. The minimum atomic E-state index is -0.504. The first-order valence-corrected chi connectivity index (χ1v) is 9.91. The Hall–Kier alpha value is -2.62. The lowest BCUT2D eigenvalue weighted by Gasteiger charge is -2.33. The minimum Gasteiger partial charge on any atom is -0.350 e. The molecule has 0 fully saturated rings. The van der Waals surface area contributed by atoms with E-state index in [2.05, 4.69) is 5.32 Å². The van der Waals surface area contributed by atoms with Crippen LogP contribution in [0, 0.1) is 6.92 Å². The predicted molar refractivity (Wildman–Crippen MR) is 114 cm³/mol. The first-order valence-electron chi connectivity index (χ1n) is 9.91. The van der Waals surface area contributed by atoms with Crippen molar-refractivity contribution >= 4 is 11.8 Å². The van der Waals surface area contributed by atoms with Crippen LogP contribution in [0.3, 0.4) is 0 Å². The van der Waals surface area contributed by atoms with Crippen molar-refractivity contribution in [3.05, 3.63) is 71.3 Å². The number of benzene rings is 2. The molecule has 2 aromatic carbocycles. The van der Waals surface area contributed by atoms with Crippen LogP contribution in [0.5, 0.6) is 0 Å². The first kappa shape index (κ1) is 21.7. The average Bonchev–Trinajstić information content (AvgIpc) is 2.62. The molecule has 0 saturated heterocycles. The molecule has 0 aliphatic rings. The summed E-state index contributed by atoms with van der Waals surface area (Å²) in [4.78, 5) is 28.0. The Kier molecular flexibility index (Phi) is 7.38. The Morgan fingerprint density at radius 1 is 1.00 bits per heavy atom. The summed E-state index contributed by atoms with van der Waals surface area (Å²) in [5, 5.41) is 3.03. The molecule has 2 aromatic rings. The summed E-state index contributed by atoms with van der Waals surface area (Å²) in [5.74, 6) is -0.141. The van der Waals surface area contributed by atoms with Crippen molar-refractivity contribution in [2.45, 2.75) is 65.6 Å². The van der Waals surface area contributed by atoms with Crippen LogP contribution in [0.15, 0.2) is 54.6 Å². The smallest absolute Gasteiger partial charge is 0.243 e. The molecular formula is C24H32N2O2. The quantitative estimate of drug-likeness (QED) is 0.780. The number of rotatable bonds is 7. The molecule has 4 heteroatoms. The van der Waals surface area contributed by atoms with Gasteiger partial charge in [0.2, 0.25) is 11.8 Å². The maximum atomic E-state index is 13.3. The molecule has 4 nitrogen and oxygen atoms in total. The molecule has 0 saturated carbocycles. The lowest BCUT2D eigenvalue weighted by Crippen LogP contribution is -2.53. The molecule has 0 aliphatic carbocycles. The van der Waals surface area contributed by atoms with Gasteiger partial charge in [-0.3, -0.25) is 9.59 Å². The highest BCUT2D eigenvalue weighted by Crippen LogP contribution is 2.17. The molecule has 28 heavy (non-hydrogen) atoms. The fraction of sp³-hybridized carbons (Fsp3) is 0.417. The van der Waals surface area contributed by atoms with Gasteiger partial charge in [-0.25, -0.2) is 0 Å². The molecule has 0 heterocycles. The van der Waals surface area contributed by atoms with Crippen molar-refractivity contribution < 1.29 is 9.59 Å². The largest absolute Gasteiger partial charge is 0.350 e. The van der Waals surface area contributed by atoms with Crippen LogP contribution in [0.1, 0.15) is 50.8 Å². The summed E-state index contributed by atoms with van der Waals surface area (Å²) in [6, 6.07) is 17.2. The summed E-state index contributed by atoms with van der Waals surface area (Å²) in [6.07, 6.45) is 0.854. The van der Waals surface area contributed by atoms with Gasteiger partial charge < -0.3 is 10.2 Å². The normalized spacial score (nSPS) is 12.3. The predicted octanol–water partition coefficient (Wildman–Crippen LogP) is 4.26. The molecule has 0 bridgehead atoms. The molecule has 1 atom stereocenters. The van der Waals surface area contributed by atoms with Gasteiger partial charge in [0.05, 0.1) is 6.42 Å². The highest BCUT2D eigenvalue weighted by Gasteiger charge is 2.30. The minimum absolute atomic E-state index is 0.0333. The molecule has 0 aromatic heterocycles. The number of carbonyl (C=O) groups is 2. The van der Waals surface area contributed by atoms with E-state index in [1.165, 1.54) is 0 Å². The Morgan fingerprint density at radius 3 is 2.18 bits per heavy atom. The molecule has 0 radical (unpaired) electrons. The number of aryl methyl sites for hydroxylation is 1. The average molecular weight is 381 g/mol. The highest BCUT2D eigenvalue weighted by atomic mass is 16.2. The summed E-state index contributed by atoms with van der Waals surface area (Å²) in [5.41, 5.74) is 2.75. The van der Waals surface area contributed by atoms with Gasteiger partial charge >= 0.3 is 0 Å². The Balaban J connectivity index is 2.30. The van der Waals surface area contributed by atoms with Crippen molar-refractivity contribution in [1.82, 2.24) is 10.2 Å². The van der Waals surface area contributed by atoms with E-state index in [9.17, 15) is 9.59 Å². The van der Waals surface area contributed by atoms with E-state index in [0.717, 1.165) is 16.7 Å². The van der Waals surface area contributed by atoms with Gasteiger partial charge in [-0.2, -0.15) is 0 Å². The second-order valence-electron chi connectivity index (χ2n) is 8.27. The third-order valence-corrected chi connectivity index (χ3v) is 4.68. The monoisotopic (exact) mass is 380 g/mol. The fourth-order valence-electron chi connectivity index (χ4n) is 3.23. The third kappa shape index (κ3) is 6.22. The van der Waals surface area contributed by atoms with E-state index in [1.807, 2.05) is 89.2 Å². The molecule has 150 valence electrons. The number of carbonyl (C=O) groups excluding carboxylic acids is 2. The number of amides is 2. The van der Waals surface area contributed by atoms with Crippen LogP contribution in [-0.4, -0.2) is 28.3 Å². The second-order valence-corrected chi connectivity index (χ2v) is 8.27. The number of hydrogen-bond acceptors (Lipinski definition) is 2. The van der Waals surface area contributed by atoms with Gasteiger partial charge in [0, 0.05) is 12.1 Å². The second kappa shape index (κ2) is 9.54. The number of hydrogen-bond donors (Lipinski definition) is 1. The highest BCUT2D eigenvalue weighted by molar-refractivity contribution is 5.89. The fourth-order valence-corrected chi connectivity index (χ4v) is 3.23. The zero-order valence-corrected chi connectivity index (χ0v) is 17.7. The molecular weight excluding hydrogens is 348 g/mol. The van der Waals surface area contributed by atoms with Crippen LogP contribution >= 0.6 is 0 Å². The molecule has 0 aliphatic heterocycles.